The molecule has 0 saturated carbocycles. The number of rotatable bonds is 3. The van der Waals surface area contributed by atoms with Crippen molar-refractivity contribution in [1.82, 2.24) is 10.2 Å². The van der Waals surface area contributed by atoms with E-state index in [1.54, 1.807) is 0 Å². The van der Waals surface area contributed by atoms with Gasteiger partial charge in [-0.25, -0.2) is 0 Å². The topological polar surface area (TPSA) is 41.3 Å². The minimum absolute atomic E-state index is 0.626. The molecule has 1 aliphatic heterocycles. The third-order valence-corrected chi connectivity index (χ3v) is 4.54. The predicted octanol–water partition coefficient (Wildman–Crippen LogP) is 1.77. The molecule has 3 nitrogen and oxygen atoms in total. The van der Waals surface area contributed by atoms with Crippen molar-refractivity contribution in [3.8, 4) is 0 Å². The number of fused-ring (bicyclic) bond motifs is 1. The molecule has 4 heteroatoms. The second-order valence-electron chi connectivity index (χ2n) is 4.82. The van der Waals surface area contributed by atoms with Gasteiger partial charge in [-0.3, -0.25) is 4.90 Å². The summed E-state index contributed by atoms with van der Waals surface area (Å²) in [5.74, 6) is 0. The van der Waals surface area contributed by atoms with Crippen molar-refractivity contribution in [2.24, 2.45) is 5.73 Å². The summed E-state index contributed by atoms with van der Waals surface area (Å²) in [7, 11) is 0. The number of nitrogens with two attached hydrogens (primary N) is 1. The van der Waals surface area contributed by atoms with Crippen LogP contribution in [0.15, 0.2) is 24.3 Å². The van der Waals surface area contributed by atoms with Crippen LogP contribution >= 0.6 is 11.3 Å². The molecule has 1 saturated heterocycles. The Bertz CT molecular complexity index is 529. The van der Waals surface area contributed by atoms with Crippen molar-refractivity contribution in [3.63, 3.8) is 0 Å². The molecule has 1 aromatic carbocycles. The summed E-state index contributed by atoms with van der Waals surface area (Å²) >= 11 is 1.90. The molecular weight excluding hydrogens is 242 g/mol. The Morgan fingerprint density at radius 1 is 1.22 bits per heavy atom. The zero-order valence-electron chi connectivity index (χ0n) is 10.5. The minimum Gasteiger partial charge on any atom is -0.326 e. The summed E-state index contributed by atoms with van der Waals surface area (Å²) in [6.45, 7) is 6.25. The molecule has 1 aliphatic rings. The first kappa shape index (κ1) is 12.1. The summed E-state index contributed by atoms with van der Waals surface area (Å²) in [5.41, 5.74) is 6.91. The highest BCUT2D eigenvalue weighted by Crippen LogP contribution is 2.27. The molecule has 0 atom stereocenters. The van der Waals surface area contributed by atoms with Crippen molar-refractivity contribution < 1.29 is 0 Å². The highest BCUT2D eigenvalue weighted by molar-refractivity contribution is 7.19. The number of nitrogens with one attached hydrogen (secondary N) is 1. The first-order chi connectivity index (χ1) is 8.85. The molecule has 96 valence electrons. The smallest absolute Gasteiger partial charge is 0.0349 e. The van der Waals surface area contributed by atoms with E-state index in [2.05, 4.69) is 34.5 Å². The number of benzene rings is 1. The number of hydrogen-bond acceptors (Lipinski definition) is 4. The van der Waals surface area contributed by atoms with E-state index < -0.39 is 0 Å². The van der Waals surface area contributed by atoms with Gasteiger partial charge in [0.25, 0.3) is 0 Å². The molecular formula is C14H19N3S. The van der Waals surface area contributed by atoms with Gasteiger partial charge in [0.2, 0.25) is 0 Å². The molecule has 2 aromatic rings. The molecule has 0 aliphatic carbocycles. The molecule has 0 spiro atoms. The first-order valence-electron chi connectivity index (χ1n) is 6.49. The Morgan fingerprint density at radius 2 is 2.06 bits per heavy atom. The Hall–Kier alpha value is -0.940. The van der Waals surface area contributed by atoms with Gasteiger partial charge >= 0.3 is 0 Å². The number of piperazine rings is 1. The van der Waals surface area contributed by atoms with E-state index in [1.807, 2.05) is 11.3 Å². The van der Waals surface area contributed by atoms with Gasteiger partial charge in [0.1, 0.15) is 0 Å². The van der Waals surface area contributed by atoms with Crippen LogP contribution < -0.4 is 11.1 Å². The lowest BCUT2D eigenvalue weighted by Gasteiger charge is -2.26. The Balaban J connectivity index is 1.79. The molecule has 3 N–H and O–H groups in total. The van der Waals surface area contributed by atoms with Gasteiger partial charge in [0.15, 0.2) is 0 Å². The number of thiophene rings is 1. The van der Waals surface area contributed by atoms with Crippen LogP contribution in [0, 0.1) is 0 Å². The number of hydrogen-bond donors (Lipinski definition) is 2. The van der Waals surface area contributed by atoms with Gasteiger partial charge in [-0.2, -0.15) is 0 Å². The van der Waals surface area contributed by atoms with E-state index in [9.17, 15) is 0 Å². The fourth-order valence-electron chi connectivity index (χ4n) is 2.43. The maximum absolute atomic E-state index is 5.69. The highest BCUT2D eigenvalue weighted by atomic mass is 32.1. The van der Waals surface area contributed by atoms with Gasteiger partial charge in [0.05, 0.1) is 0 Å². The van der Waals surface area contributed by atoms with E-state index in [-0.39, 0.29) is 0 Å². The van der Waals surface area contributed by atoms with E-state index in [0.29, 0.717) is 6.54 Å². The van der Waals surface area contributed by atoms with Crippen molar-refractivity contribution in [2.45, 2.75) is 13.1 Å². The molecule has 0 amide bonds. The zero-order valence-corrected chi connectivity index (χ0v) is 11.3. The van der Waals surface area contributed by atoms with E-state index in [1.165, 1.54) is 20.5 Å². The van der Waals surface area contributed by atoms with Gasteiger partial charge in [-0.05, 0) is 23.1 Å². The summed E-state index contributed by atoms with van der Waals surface area (Å²) in [6.07, 6.45) is 0. The van der Waals surface area contributed by atoms with Crippen LogP contribution in [0.4, 0.5) is 0 Å². The van der Waals surface area contributed by atoms with E-state index >= 15 is 0 Å². The lowest BCUT2D eigenvalue weighted by molar-refractivity contribution is 0.235. The predicted molar refractivity (Wildman–Crippen MR) is 77.9 cm³/mol. The Morgan fingerprint density at radius 3 is 2.83 bits per heavy atom. The zero-order chi connectivity index (χ0) is 12.4. The van der Waals surface area contributed by atoms with Gasteiger partial charge < -0.3 is 11.1 Å². The average Bonchev–Trinajstić information content (AvgIpc) is 2.80. The maximum atomic E-state index is 5.69. The molecule has 0 radical (unpaired) electrons. The second kappa shape index (κ2) is 5.36. The third-order valence-electron chi connectivity index (χ3n) is 3.46. The van der Waals surface area contributed by atoms with E-state index in [0.717, 1.165) is 32.7 Å². The van der Waals surface area contributed by atoms with Crippen molar-refractivity contribution in [3.05, 3.63) is 34.7 Å². The molecule has 1 fully saturated rings. The van der Waals surface area contributed by atoms with Crippen LogP contribution in [0.1, 0.15) is 10.4 Å². The average molecular weight is 261 g/mol. The summed E-state index contributed by atoms with van der Waals surface area (Å²) in [6, 6.07) is 8.86. The van der Waals surface area contributed by atoms with Crippen molar-refractivity contribution in [1.29, 1.82) is 0 Å². The summed E-state index contributed by atoms with van der Waals surface area (Å²) < 4.78 is 1.36. The Labute approximate surface area is 112 Å². The lowest BCUT2D eigenvalue weighted by atomic mass is 10.2. The quantitative estimate of drug-likeness (QED) is 0.884. The second-order valence-corrected chi connectivity index (χ2v) is 5.98. The fraction of sp³-hybridized carbons (Fsp3) is 0.429. The van der Waals surface area contributed by atoms with Gasteiger partial charge in [-0.1, -0.05) is 12.1 Å². The van der Waals surface area contributed by atoms with Crippen LogP contribution in [-0.2, 0) is 13.1 Å². The monoisotopic (exact) mass is 261 g/mol. The molecule has 0 bridgehead atoms. The number of nitrogens with zero attached hydrogens (tertiary/aromatic N) is 1. The standard InChI is InChI=1S/C14H19N3S/c15-9-11-1-2-12-8-13(18-14(12)7-11)10-17-5-3-16-4-6-17/h1-2,7-8,16H,3-6,9-10,15H2. The van der Waals surface area contributed by atoms with Crippen LogP contribution in [-0.4, -0.2) is 31.1 Å². The molecule has 3 rings (SSSR count). The first-order valence-corrected chi connectivity index (χ1v) is 7.31. The maximum Gasteiger partial charge on any atom is 0.0349 e. The van der Waals surface area contributed by atoms with E-state index in [4.69, 9.17) is 5.73 Å². The summed E-state index contributed by atoms with van der Waals surface area (Å²) in [5, 5.41) is 4.74. The van der Waals surface area contributed by atoms with Gasteiger partial charge in [0, 0.05) is 48.8 Å². The lowest BCUT2D eigenvalue weighted by Crippen LogP contribution is -2.42. The minimum atomic E-state index is 0.626. The Kier molecular flexibility index (Phi) is 3.61. The van der Waals surface area contributed by atoms with Crippen LogP contribution in [0.2, 0.25) is 0 Å². The normalized spacial score (nSPS) is 17.4. The molecule has 0 unspecified atom stereocenters. The van der Waals surface area contributed by atoms with Crippen molar-refractivity contribution in [2.75, 3.05) is 26.2 Å². The van der Waals surface area contributed by atoms with Crippen LogP contribution in [0.25, 0.3) is 10.1 Å². The largest absolute Gasteiger partial charge is 0.326 e. The third kappa shape index (κ3) is 2.57. The highest BCUT2D eigenvalue weighted by Gasteiger charge is 2.11. The SMILES string of the molecule is NCc1ccc2cc(CN3CCNCC3)sc2c1. The molecule has 2 heterocycles. The summed E-state index contributed by atoms with van der Waals surface area (Å²) in [4.78, 5) is 3.98. The van der Waals surface area contributed by atoms with Crippen LogP contribution in [0.3, 0.4) is 0 Å². The van der Waals surface area contributed by atoms with Gasteiger partial charge in [-0.15, -0.1) is 11.3 Å². The molecule has 18 heavy (non-hydrogen) atoms. The van der Waals surface area contributed by atoms with Crippen molar-refractivity contribution >= 4 is 21.4 Å². The molecule has 1 aromatic heterocycles. The van der Waals surface area contributed by atoms with Crippen LogP contribution in [0.5, 0.6) is 0 Å². The fourth-order valence-corrected chi connectivity index (χ4v) is 3.60.